The topological polar surface area (TPSA) is 91.5 Å². The van der Waals surface area contributed by atoms with E-state index < -0.39 is 17.6 Å². The van der Waals surface area contributed by atoms with Gasteiger partial charge in [0, 0.05) is 18.2 Å². The van der Waals surface area contributed by atoms with Gasteiger partial charge in [0.15, 0.2) is 17.2 Å². The van der Waals surface area contributed by atoms with E-state index in [4.69, 9.17) is 18.2 Å². The molecule has 0 fully saturated rings. The van der Waals surface area contributed by atoms with Gasteiger partial charge in [-0.05, 0) is 24.3 Å². The third kappa shape index (κ3) is 3.47. The maximum Gasteiger partial charge on any atom is 0.360 e. The lowest BCUT2D eigenvalue weighted by Crippen LogP contribution is -2.05. The predicted octanol–water partition coefficient (Wildman–Crippen LogP) is 4.22. The summed E-state index contributed by atoms with van der Waals surface area (Å²) < 4.78 is 47.0. The van der Waals surface area contributed by atoms with E-state index in [0.717, 1.165) is 12.1 Å². The summed E-state index contributed by atoms with van der Waals surface area (Å²) in [6, 6.07) is 9.15. The summed E-state index contributed by atoms with van der Waals surface area (Å²) in [7, 11) is 0. The quantitative estimate of drug-likeness (QED) is 0.484. The lowest BCUT2D eigenvalue weighted by atomic mass is 10.1. The van der Waals surface area contributed by atoms with Gasteiger partial charge in [-0.2, -0.15) is 0 Å². The number of carbonyl (C=O) groups excluding carboxylic acids is 1. The highest BCUT2D eigenvalue weighted by molar-refractivity contribution is 5.88. The van der Waals surface area contributed by atoms with Crippen molar-refractivity contribution in [2.75, 3.05) is 0 Å². The Kier molecular flexibility index (Phi) is 4.25. The molecule has 0 unspecified atom stereocenters. The number of ether oxygens (including phenoxy) is 1. The van der Waals surface area contributed by atoms with Crippen LogP contribution in [0, 0.1) is 11.6 Å². The predicted molar refractivity (Wildman–Crippen MR) is 85.2 cm³/mol. The molecule has 3 heterocycles. The first-order valence-corrected chi connectivity index (χ1v) is 7.69. The molecule has 0 aliphatic carbocycles. The van der Waals surface area contributed by atoms with Gasteiger partial charge in [-0.1, -0.05) is 10.3 Å². The number of carbonyl (C=O) groups is 1. The van der Waals surface area contributed by atoms with Gasteiger partial charge in [0.25, 0.3) is 0 Å². The van der Waals surface area contributed by atoms with Crippen molar-refractivity contribution in [2.45, 2.75) is 6.61 Å². The highest BCUT2D eigenvalue weighted by Crippen LogP contribution is 2.25. The Morgan fingerprint density at radius 3 is 2.63 bits per heavy atom. The standard InChI is InChI=1S/C18H10F2N2O5/c19-10-3-4-12(13(20)6-10)16-7-11(21-26-16)9-25-18(23)14-8-17(27-22-14)15-2-1-5-24-15/h1-8H,9H2. The fraction of sp³-hybridized carbons (Fsp3) is 0.0556. The number of benzene rings is 1. The molecule has 0 N–H and O–H groups in total. The monoisotopic (exact) mass is 372 g/mol. The Bertz CT molecular complexity index is 1090. The van der Waals surface area contributed by atoms with E-state index >= 15 is 0 Å². The Balaban J connectivity index is 1.42. The Hall–Kier alpha value is -3.75. The van der Waals surface area contributed by atoms with Crippen molar-refractivity contribution in [3.05, 3.63) is 71.8 Å². The number of esters is 1. The average Bonchev–Trinajstić information content (AvgIpc) is 3.39. The summed E-state index contributed by atoms with van der Waals surface area (Å²) in [4.78, 5) is 12.0. The van der Waals surface area contributed by atoms with Gasteiger partial charge in [-0.25, -0.2) is 13.6 Å². The molecule has 136 valence electrons. The smallest absolute Gasteiger partial charge is 0.360 e. The van der Waals surface area contributed by atoms with Crippen molar-refractivity contribution in [2.24, 2.45) is 0 Å². The molecule has 0 spiro atoms. The van der Waals surface area contributed by atoms with Crippen LogP contribution >= 0.6 is 0 Å². The summed E-state index contributed by atoms with van der Waals surface area (Å²) >= 11 is 0. The van der Waals surface area contributed by atoms with E-state index in [1.165, 1.54) is 24.5 Å². The maximum absolute atomic E-state index is 13.8. The highest BCUT2D eigenvalue weighted by atomic mass is 19.1. The minimum absolute atomic E-state index is 0.0427. The SMILES string of the molecule is O=C(OCc1cc(-c2ccc(F)cc2F)on1)c1cc(-c2ccco2)on1. The molecular formula is C18H10F2N2O5. The average molecular weight is 372 g/mol. The van der Waals surface area contributed by atoms with Crippen LogP contribution in [0.4, 0.5) is 8.78 Å². The fourth-order valence-electron chi connectivity index (χ4n) is 2.32. The fourth-order valence-corrected chi connectivity index (χ4v) is 2.32. The van der Waals surface area contributed by atoms with Crippen molar-refractivity contribution in [3.63, 3.8) is 0 Å². The highest BCUT2D eigenvalue weighted by Gasteiger charge is 2.18. The molecule has 27 heavy (non-hydrogen) atoms. The second-order valence-electron chi connectivity index (χ2n) is 5.44. The Morgan fingerprint density at radius 2 is 1.85 bits per heavy atom. The summed E-state index contributed by atoms with van der Waals surface area (Å²) in [5, 5.41) is 7.31. The molecular weight excluding hydrogens is 362 g/mol. The van der Waals surface area contributed by atoms with Gasteiger partial charge in [0.1, 0.15) is 23.9 Å². The minimum atomic E-state index is -0.789. The molecule has 0 bridgehead atoms. The first-order valence-electron chi connectivity index (χ1n) is 7.69. The summed E-state index contributed by atoms with van der Waals surface area (Å²) in [5.74, 6) is -1.45. The molecule has 0 aliphatic heterocycles. The second kappa shape index (κ2) is 6.87. The molecule has 0 radical (unpaired) electrons. The van der Waals surface area contributed by atoms with Crippen LogP contribution in [0.15, 0.2) is 62.2 Å². The van der Waals surface area contributed by atoms with Crippen LogP contribution in [0.1, 0.15) is 16.2 Å². The van der Waals surface area contributed by atoms with Gasteiger partial charge >= 0.3 is 5.97 Å². The number of halogens is 2. The van der Waals surface area contributed by atoms with E-state index in [2.05, 4.69) is 10.3 Å². The van der Waals surface area contributed by atoms with Crippen molar-refractivity contribution in [1.82, 2.24) is 10.3 Å². The van der Waals surface area contributed by atoms with Crippen LogP contribution in [0.2, 0.25) is 0 Å². The van der Waals surface area contributed by atoms with E-state index in [0.29, 0.717) is 5.76 Å². The molecule has 0 aliphatic rings. The largest absolute Gasteiger partial charge is 0.461 e. The number of nitrogens with zero attached hydrogens (tertiary/aromatic N) is 2. The Labute approximate surface area is 150 Å². The Morgan fingerprint density at radius 1 is 1.00 bits per heavy atom. The van der Waals surface area contributed by atoms with Crippen molar-refractivity contribution >= 4 is 5.97 Å². The maximum atomic E-state index is 13.8. The number of aromatic nitrogens is 2. The molecule has 9 heteroatoms. The molecule has 7 nitrogen and oxygen atoms in total. The van der Waals surface area contributed by atoms with Crippen LogP contribution in [0.5, 0.6) is 0 Å². The third-order valence-corrected chi connectivity index (χ3v) is 3.59. The molecule has 0 saturated heterocycles. The lowest BCUT2D eigenvalue weighted by Gasteiger charge is -1.98. The van der Waals surface area contributed by atoms with Crippen LogP contribution in [-0.2, 0) is 11.3 Å². The molecule has 3 aromatic heterocycles. The van der Waals surface area contributed by atoms with Gasteiger partial charge in [-0.15, -0.1) is 0 Å². The van der Waals surface area contributed by atoms with Crippen molar-refractivity contribution in [3.8, 4) is 22.8 Å². The van der Waals surface area contributed by atoms with E-state index in [-0.39, 0.29) is 35.1 Å². The third-order valence-electron chi connectivity index (χ3n) is 3.59. The van der Waals surface area contributed by atoms with Crippen LogP contribution in [0.25, 0.3) is 22.8 Å². The number of furan rings is 1. The molecule has 0 saturated carbocycles. The van der Waals surface area contributed by atoms with Crippen LogP contribution in [-0.4, -0.2) is 16.3 Å². The normalized spacial score (nSPS) is 10.9. The number of hydrogen-bond donors (Lipinski definition) is 0. The van der Waals surface area contributed by atoms with Crippen LogP contribution in [0.3, 0.4) is 0 Å². The molecule has 0 amide bonds. The van der Waals surface area contributed by atoms with Gasteiger partial charge in [-0.3, -0.25) is 0 Å². The van der Waals surface area contributed by atoms with Gasteiger partial charge in [0.2, 0.25) is 5.76 Å². The number of hydrogen-bond acceptors (Lipinski definition) is 7. The zero-order valence-corrected chi connectivity index (χ0v) is 13.5. The summed E-state index contributed by atoms with van der Waals surface area (Å²) in [6.45, 7) is -0.228. The van der Waals surface area contributed by atoms with Crippen molar-refractivity contribution < 1.29 is 31.8 Å². The molecule has 0 atom stereocenters. The first kappa shape index (κ1) is 16.7. The summed E-state index contributed by atoms with van der Waals surface area (Å²) in [6.07, 6.45) is 1.46. The van der Waals surface area contributed by atoms with Crippen LogP contribution < -0.4 is 0 Å². The van der Waals surface area contributed by atoms with E-state index in [9.17, 15) is 13.6 Å². The zero-order valence-electron chi connectivity index (χ0n) is 13.5. The zero-order chi connectivity index (χ0) is 18.8. The van der Waals surface area contributed by atoms with Gasteiger partial charge < -0.3 is 18.2 Å². The summed E-state index contributed by atoms with van der Waals surface area (Å²) in [5.41, 5.74) is 0.243. The molecule has 4 rings (SSSR count). The molecule has 1 aromatic carbocycles. The van der Waals surface area contributed by atoms with Gasteiger partial charge in [0.05, 0.1) is 11.8 Å². The number of rotatable bonds is 5. The lowest BCUT2D eigenvalue weighted by molar-refractivity contribution is 0.0452. The van der Waals surface area contributed by atoms with Crippen molar-refractivity contribution in [1.29, 1.82) is 0 Å². The molecule has 4 aromatic rings. The second-order valence-corrected chi connectivity index (χ2v) is 5.44. The van der Waals surface area contributed by atoms with E-state index in [1.807, 2.05) is 0 Å². The minimum Gasteiger partial charge on any atom is -0.461 e. The van der Waals surface area contributed by atoms with E-state index in [1.54, 1.807) is 12.1 Å². The first-order chi connectivity index (χ1) is 13.1.